The summed E-state index contributed by atoms with van der Waals surface area (Å²) in [6.45, 7) is 2.64. The highest BCUT2D eigenvalue weighted by Crippen LogP contribution is 1.76. The van der Waals surface area contributed by atoms with Crippen LogP contribution in [0.4, 0.5) is 0 Å². The molecule has 0 amide bonds. The van der Waals surface area contributed by atoms with Gasteiger partial charge < -0.3 is 4.84 Å². The average Bonchev–Trinajstić information content (AvgIpc) is 1.61. The topological polar surface area (TPSA) is 21.6 Å². The average molecular weight is 105 g/mol. The molecule has 0 aliphatic carbocycles. The van der Waals surface area contributed by atoms with Crippen molar-refractivity contribution in [1.29, 1.82) is 0 Å². The lowest BCUT2D eigenvalue weighted by Crippen LogP contribution is -1.79. The Morgan fingerprint density at radius 1 is 1.83 bits per heavy atom. The maximum atomic E-state index is 4.42. The zero-order valence-corrected chi connectivity index (χ0v) is 4.49. The minimum atomic E-state index is 0.642. The zero-order chi connectivity index (χ0) is 4.83. The van der Waals surface area contributed by atoms with Gasteiger partial charge in [-0.15, -0.1) is 0 Å². The molecule has 3 heteroatoms. The van der Waals surface area contributed by atoms with Crippen LogP contribution in [0, 0.1) is 0 Å². The summed E-state index contributed by atoms with van der Waals surface area (Å²) in [7, 11) is 0. The molecule has 0 radical (unpaired) electrons. The Balaban J connectivity index is 2.49. The van der Waals surface area contributed by atoms with Crippen molar-refractivity contribution in [2.75, 3.05) is 6.61 Å². The fraction of sp³-hybridized carbons (Fsp3) is 1.00. The van der Waals surface area contributed by atoms with E-state index in [1.54, 1.807) is 0 Å². The molecule has 0 heterocycles. The van der Waals surface area contributed by atoms with Gasteiger partial charge in [-0.3, -0.25) is 0 Å². The summed E-state index contributed by atoms with van der Waals surface area (Å²) in [5.41, 5.74) is 0. The van der Waals surface area contributed by atoms with Gasteiger partial charge in [0.2, 0.25) is 0 Å². The van der Waals surface area contributed by atoms with E-state index in [4.69, 9.17) is 0 Å². The van der Waals surface area contributed by atoms with E-state index in [-0.39, 0.29) is 0 Å². The van der Waals surface area contributed by atoms with Gasteiger partial charge in [0.15, 0.2) is 0 Å². The third-order valence-corrected chi connectivity index (χ3v) is 0.454. The van der Waals surface area contributed by atoms with Gasteiger partial charge in [0.05, 0.1) is 12.4 Å². The van der Waals surface area contributed by atoms with Crippen LogP contribution in [0.1, 0.15) is 13.3 Å². The van der Waals surface area contributed by atoms with Crippen LogP contribution in [0.15, 0.2) is 4.53 Å². The second-order valence-electron chi connectivity index (χ2n) is 0.908. The van der Waals surface area contributed by atoms with E-state index in [2.05, 4.69) is 21.8 Å². The second-order valence-corrected chi connectivity index (χ2v) is 1.06. The molecule has 0 rings (SSSR count). The van der Waals surface area contributed by atoms with Crippen molar-refractivity contribution in [1.82, 2.24) is 0 Å². The SMILES string of the molecule is CCCON=S. The molecule has 0 aromatic rings. The summed E-state index contributed by atoms with van der Waals surface area (Å²) in [4.78, 5) is 4.42. The molecule has 0 N–H and O–H groups in total. The monoisotopic (exact) mass is 105 g/mol. The summed E-state index contributed by atoms with van der Waals surface area (Å²) in [6, 6.07) is 0. The maximum absolute atomic E-state index is 4.42. The van der Waals surface area contributed by atoms with E-state index in [1.807, 2.05) is 6.92 Å². The Bertz CT molecular complexity index is 39.8. The molecular formula is C3H7NOS. The van der Waals surface area contributed by atoms with Crippen molar-refractivity contribution in [3.8, 4) is 0 Å². The van der Waals surface area contributed by atoms with Crippen LogP contribution in [0.2, 0.25) is 0 Å². The Kier molecular flexibility index (Phi) is 4.68. The van der Waals surface area contributed by atoms with Crippen LogP contribution in [0.5, 0.6) is 0 Å². The lowest BCUT2D eigenvalue weighted by atomic mass is 10.5. The van der Waals surface area contributed by atoms with Gasteiger partial charge in [0.1, 0.15) is 6.61 Å². The van der Waals surface area contributed by atoms with Gasteiger partial charge in [-0.1, -0.05) is 6.92 Å². The van der Waals surface area contributed by atoms with Gasteiger partial charge in [0, 0.05) is 0 Å². The molecule has 0 atom stereocenters. The van der Waals surface area contributed by atoms with Crippen molar-refractivity contribution in [2.45, 2.75) is 13.3 Å². The van der Waals surface area contributed by atoms with E-state index >= 15 is 0 Å². The summed E-state index contributed by atoms with van der Waals surface area (Å²) >= 11 is 4.12. The van der Waals surface area contributed by atoms with Crippen LogP contribution in [-0.2, 0) is 17.3 Å². The Labute approximate surface area is 42.6 Å². The van der Waals surface area contributed by atoms with E-state index in [1.165, 1.54) is 0 Å². The van der Waals surface area contributed by atoms with Crippen molar-refractivity contribution < 1.29 is 4.84 Å². The van der Waals surface area contributed by atoms with Crippen molar-refractivity contribution in [3.05, 3.63) is 0 Å². The van der Waals surface area contributed by atoms with Crippen molar-refractivity contribution in [3.63, 3.8) is 0 Å². The highest BCUT2D eigenvalue weighted by atomic mass is 32.1. The Morgan fingerprint density at radius 2 is 2.50 bits per heavy atom. The fourth-order valence-electron chi connectivity index (χ4n) is 0.129. The third-order valence-electron chi connectivity index (χ3n) is 0.348. The van der Waals surface area contributed by atoms with E-state index in [0.717, 1.165) is 6.42 Å². The molecule has 0 saturated heterocycles. The third kappa shape index (κ3) is 3.82. The zero-order valence-electron chi connectivity index (χ0n) is 3.68. The highest BCUT2D eigenvalue weighted by Gasteiger charge is 1.71. The van der Waals surface area contributed by atoms with Crippen molar-refractivity contribution >= 4 is 12.4 Å². The lowest BCUT2D eigenvalue weighted by Gasteiger charge is -1.85. The van der Waals surface area contributed by atoms with Gasteiger partial charge in [-0.25, -0.2) is 0 Å². The number of nitrogens with zero attached hydrogens (tertiary/aromatic N) is 1. The number of hydrogen-bond donors (Lipinski definition) is 0. The molecule has 0 unspecified atom stereocenters. The maximum Gasteiger partial charge on any atom is 0.117 e. The molecule has 0 saturated carbocycles. The molecular weight excluding hydrogens is 98.1 g/mol. The highest BCUT2D eigenvalue weighted by molar-refractivity contribution is 7.47. The minimum absolute atomic E-state index is 0.642. The van der Waals surface area contributed by atoms with Gasteiger partial charge in [-0.05, 0) is 10.9 Å². The van der Waals surface area contributed by atoms with E-state index < -0.39 is 0 Å². The molecule has 0 bridgehead atoms. The predicted molar refractivity (Wildman–Crippen MR) is 26.0 cm³/mol. The van der Waals surface area contributed by atoms with Crippen molar-refractivity contribution in [2.24, 2.45) is 4.53 Å². The largest absolute Gasteiger partial charge is 0.386 e. The predicted octanol–water partition coefficient (Wildman–Crippen LogP) is 1.06. The van der Waals surface area contributed by atoms with E-state index in [9.17, 15) is 0 Å². The van der Waals surface area contributed by atoms with Gasteiger partial charge >= 0.3 is 0 Å². The number of rotatable bonds is 3. The fourth-order valence-corrected chi connectivity index (χ4v) is 0.203. The summed E-state index contributed by atoms with van der Waals surface area (Å²) < 4.78 is 3.01. The second kappa shape index (κ2) is 4.82. The van der Waals surface area contributed by atoms with Crippen LogP contribution < -0.4 is 0 Å². The van der Waals surface area contributed by atoms with Gasteiger partial charge in [0.25, 0.3) is 0 Å². The number of hydrogen-bond acceptors (Lipinski definition) is 3. The first-order valence-corrected chi connectivity index (χ1v) is 2.23. The molecule has 0 fully saturated rings. The molecule has 0 aromatic carbocycles. The van der Waals surface area contributed by atoms with Crippen LogP contribution in [0.3, 0.4) is 0 Å². The summed E-state index contributed by atoms with van der Waals surface area (Å²) in [5, 5.41) is 0. The first kappa shape index (κ1) is 5.82. The molecule has 0 aliphatic rings. The summed E-state index contributed by atoms with van der Waals surface area (Å²) in [6.07, 6.45) is 0.972. The normalized spacial score (nSPS) is 7.50. The Hall–Kier alpha value is -0.180. The molecule has 6 heavy (non-hydrogen) atoms. The van der Waals surface area contributed by atoms with Gasteiger partial charge in [-0.2, -0.15) is 0 Å². The first-order chi connectivity index (χ1) is 2.91. The molecule has 2 nitrogen and oxygen atoms in total. The van der Waals surface area contributed by atoms with Crippen LogP contribution >= 0.6 is 0 Å². The standard InChI is InChI=1S/C3H7NOS/c1-2-3-5-4-6/h2-3H2,1H3. The summed E-state index contributed by atoms with van der Waals surface area (Å²) in [5.74, 6) is 0. The molecule has 0 aromatic heterocycles. The molecule has 36 valence electrons. The van der Waals surface area contributed by atoms with Crippen LogP contribution in [0.25, 0.3) is 0 Å². The minimum Gasteiger partial charge on any atom is -0.386 e. The first-order valence-electron chi connectivity index (χ1n) is 1.86. The van der Waals surface area contributed by atoms with Crippen LogP contribution in [-0.4, -0.2) is 6.61 Å². The van der Waals surface area contributed by atoms with E-state index in [0.29, 0.717) is 6.61 Å². The Morgan fingerprint density at radius 3 is 2.67 bits per heavy atom. The quantitative estimate of drug-likeness (QED) is 0.395. The lowest BCUT2D eigenvalue weighted by molar-refractivity contribution is 0.152. The molecule has 0 spiro atoms. The smallest absolute Gasteiger partial charge is 0.117 e. The molecule has 0 aliphatic heterocycles.